The van der Waals surface area contributed by atoms with Gasteiger partial charge in [0.1, 0.15) is 0 Å². The van der Waals surface area contributed by atoms with Crippen molar-refractivity contribution < 1.29 is 9.90 Å². The zero-order chi connectivity index (χ0) is 22.2. The van der Waals surface area contributed by atoms with Gasteiger partial charge in [0, 0.05) is 5.54 Å². The lowest BCUT2D eigenvalue weighted by molar-refractivity contribution is -0.139. The number of hydrogen-bond acceptors (Lipinski definition) is 3. The number of aliphatic carboxylic acids is 1. The largest absolute Gasteiger partial charge is 0.481 e. The van der Waals surface area contributed by atoms with E-state index in [2.05, 4.69) is 36.4 Å². The van der Waals surface area contributed by atoms with Gasteiger partial charge in [0.25, 0.3) is 0 Å². The SMILES string of the molecule is NCCCCCC(N)(CC(=O)O)C(c1ccccc1)(c1ccccc1)c1ccccc1. The van der Waals surface area contributed by atoms with E-state index < -0.39 is 16.9 Å². The highest BCUT2D eigenvalue weighted by Crippen LogP contribution is 2.49. The molecule has 1 atom stereocenters. The maximum Gasteiger partial charge on any atom is 0.305 e. The second-order valence-corrected chi connectivity index (χ2v) is 8.17. The van der Waals surface area contributed by atoms with Crippen LogP contribution in [0.3, 0.4) is 0 Å². The predicted molar refractivity (Wildman–Crippen MR) is 126 cm³/mol. The minimum Gasteiger partial charge on any atom is -0.481 e. The molecule has 0 aromatic heterocycles. The van der Waals surface area contributed by atoms with Crippen LogP contribution in [-0.4, -0.2) is 23.2 Å². The van der Waals surface area contributed by atoms with Crippen molar-refractivity contribution in [3.8, 4) is 0 Å². The second kappa shape index (κ2) is 10.4. The highest BCUT2D eigenvalue weighted by Gasteiger charge is 2.53. The fourth-order valence-corrected chi connectivity index (χ4v) is 4.87. The fraction of sp³-hybridized carbons (Fsp3) is 0.296. The van der Waals surface area contributed by atoms with Crippen LogP contribution in [0.15, 0.2) is 91.0 Å². The first kappa shape index (κ1) is 22.7. The molecule has 0 saturated heterocycles. The van der Waals surface area contributed by atoms with Crippen molar-refractivity contribution in [3.05, 3.63) is 108 Å². The summed E-state index contributed by atoms with van der Waals surface area (Å²) in [4.78, 5) is 12.1. The summed E-state index contributed by atoms with van der Waals surface area (Å²) in [5.74, 6) is -0.895. The molecule has 5 N–H and O–H groups in total. The van der Waals surface area contributed by atoms with E-state index in [1.54, 1.807) is 0 Å². The lowest BCUT2D eigenvalue weighted by Crippen LogP contribution is -2.60. The van der Waals surface area contributed by atoms with Gasteiger partial charge in [-0.25, -0.2) is 0 Å². The standard InChI is InChI=1S/C27H32N2O2/c28-20-12-4-11-19-26(29,21-25(30)31)27(22-13-5-1-6-14-22,23-15-7-2-8-16-23)24-17-9-3-10-18-24/h1-3,5-10,13-18H,4,11-12,19-21,28-29H2,(H,30,31). The number of carboxylic acids is 1. The van der Waals surface area contributed by atoms with Gasteiger partial charge in [-0.15, -0.1) is 0 Å². The van der Waals surface area contributed by atoms with Gasteiger partial charge in [-0.05, 0) is 36.1 Å². The monoisotopic (exact) mass is 416 g/mol. The van der Waals surface area contributed by atoms with Crippen LogP contribution in [-0.2, 0) is 10.2 Å². The molecule has 0 amide bonds. The van der Waals surface area contributed by atoms with Crippen LogP contribution in [0.4, 0.5) is 0 Å². The number of rotatable bonds is 11. The summed E-state index contributed by atoms with van der Waals surface area (Å²) in [6.07, 6.45) is 3.06. The lowest BCUT2D eigenvalue weighted by atomic mass is 9.55. The normalized spacial score (nSPS) is 13.5. The second-order valence-electron chi connectivity index (χ2n) is 8.17. The number of carboxylic acid groups (broad SMARTS) is 1. The van der Waals surface area contributed by atoms with Crippen molar-refractivity contribution >= 4 is 5.97 Å². The predicted octanol–water partition coefficient (Wildman–Crippen LogP) is 4.71. The molecular formula is C27H32N2O2. The molecule has 162 valence electrons. The lowest BCUT2D eigenvalue weighted by Gasteiger charge is -2.50. The summed E-state index contributed by atoms with van der Waals surface area (Å²) in [5.41, 5.74) is 14.1. The molecule has 0 spiro atoms. The highest BCUT2D eigenvalue weighted by molar-refractivity contribution is 5.71. The summed E-state index contributed by atoms with van der Waals surface area (Å²) >= 11 is 0. The van der Waals surface area contributed by atoms with Crippen molar-refractivity contribution in [3.63, 3.8) is 0 Å². The Hall–Kier alpha value is -2.95. The molecule has 0 aliphatic heterocycles. The molecule has 3 aromatic rings. The third-order valence-corrected chi connectivity index (χ3v) is 6.16. The highest BCUT2D eigenvalue weighted by atomic mass is 16.4. The molecule has 0 heterocycles. The molecule has 0 radical (unpaired) electrons. The van der Waals surface area contributed by atoms with Gasteiger partial charge < -0.3 is 16.6 Å². The van der Waals surface area contributed by atoms with Crippen molar-refractivity contribution in [2.24, 2.45) is 11.5 Å². The van der Waals surface area contributed by atoms with Crippen LogP contribution < -0.4 is 11.5 Å². The summed E-state index contributed by atoms with van der Waals surface area (Å²) in [6, 6.07) is 30.2. The van der Waals surface area contributed by atoms with Gasteiger partial charge in [0.15, 0.2) is 0 Å². The first-order valence-electron chi connectivity index (χ1n) is 10.9. The van der Waals surface area contributed by atoms with Gasteiger partial charge in [0.05, 0.1) is 11.8 Å². The summed E-state index contributed by atoms with van der Waals surface area (Å²) in [6.45, 7) is 0.623. The number of hydrogen-bond donors (Lipinski definition) is 3. The van der Waals surface area contributed by atoms with Crippen LogP contribution in [0.5, 0.6) is 0 Å². The van der Waals surface area contributed by atoms with E-state index in [1.807, 2.05) is 54.6 Å². The topological polar surface area (TPSA) is 89.3 Å². The Balaban J connectivity index is 2.32. The Bertz CT molecular complexity index is 848. The van der Waals surface area contributed by atoms with Gasteiger partial charge in [-0.2, -0.15) is 0 Å². The third-order valence-electron chi connectivity index (χ3n) is 6.16. The van der Waals surface area contributed by atoms with Crippen molar-refractivity contribution in [1.82, 2.24) is 0 Å². The van der Waals surface area contributed by atoms with Crippen molar-refractivity contribution in [1.29, 1.82) is 0 Å². The molecule has 4 heteroatoms. The Kier molecular flexibility index (Phi) is 7.61. The van der Waals surface area contributed by atoms with Crippen LogP contribution in [0, 0.1) is 0 Å². The fourth-order valence-electron chi connectivity index (χ4n) is 4.87. The molecule has 1 unspecified atom stereocenters. The summed E-state index contributed by atoms with van der Waals surface area (Å²) in [7, 11) is 0. The van der Waals surface area contributed by atoms with E-state index in [0.717, 1.165) is 36.0 Å². The minimum absolute atomic E-state index is 0.145. The number of nitrogens with two attached hydrogens (primary N) is 2. The average molecular weight is 417 g/mol. The molecule has 0 bridgehead atoms. The van der Waals surface area contributed by atoms with Gasteiger partial charge in [0.2, 0.25) is 0 Å². The first-order chi connectivity index (χ1) is 15.0. The minimum atomic E-state index is -1.04. The van der Waals surface area contributed by atoms with Crippen LogP contribution in [0.1, 0.15) is 48.8 Å². The van der Waals surface area contributed by atoms with E-state index in [9.17, 15) is 9.90 Å². The Morgan fingerprint density at radius 1 is 0.710 bits per heavy atom. The zero-order valence-electron chi connectivity index (χ0n) is 17.9. The maximum atomic E-state index is 12.1. The van der Waals surface area contributed by atoms with Crippen LogP contribution in [0.2, 0.25) is 0 Å². The molecule has 0 aliphatic rings. The van der Waals surface area contributed by atoms with Crippen LogP contribution in [0.25, 0.3) is 0 Å². The van der Waals surface area contributed by atoms with E-state index >= 15 is 0 Å². The smallest absolute Gasteiger partial charge is 0.305 e. The average Bonchev–Trinajstić information content (AvgIpc) is 2.79. The maximum absolute atomic E-state index is 12.1. The third kappa shape index (κ3) is 4.71. The molecule has 0 aliphatic carbocycles. The van der Waals surface area contributed by atoms with E-state index in [0.29, 0.717) is 13.0 Å². The number of carbonyl (C=O) groups is 1. The van der Waals surface area contributed by atoms with E-state index in [1.165, 1.54) is 0 Å². The Morgan fingerprint density at radius 3 is 1.48 bits per heavy atom. The van der Waals surface area contributed by atoms with Gasteiger partial charge >= 0.3 is 5.97 Å². The summed E-state index contributed by atoms with van der Waals surface area (Å²) in [5, 5.41) is 9.96. The molecule has 3 rings (SSSR count). The molecule has 31 heavy (non-hydrogen) atoms. The summed E-state index contributed by atoms with van der Waals surface area (Å²) < 4.78 is 0. The van der Waals surface area contributed by atoms with E-state index in [-0.39, 0.29) is 6.42 Å². The van der Waals surface area contributed by atoms with Gasteiger partial charge in [-0.3, -0.25) is 4.79 Å². The Morgan fingerprint density at radius 2 is 1.13 bits per heavy atom. The number of unbranched alkanes of at least 4 members (excludes halogenated alkanes) is 2. The van der Waals surface area contributed by atoms with Crippen LogP contribution >= 0.6 is 0 Å². The van der Waals surface area contributed by atoms with Crippen molar-refractivity contribution in [2.45, 2.75) is 43.1 Å². The molecule has 3 aromatic carbocycles. The molecule has 4 nitrogen and oxygen atoms in total. The first-order valence-corrected chi connectivity index (χ1v) is 10.9. The zero-order valence-corrected chi connectivity index (χ0v) is 17.9. The molecular weight excluding hydrogens is 384 g/mol. The van der Waals surface area contributed by atoms with E-state index in [4.69, 9.17) is 11.5 Å². The molecule has 0 saturated carbocycles. The van der Waals surface area contributed by atoms with Gasteiger partial charge in [-0.1, -0.05) is 104 Å². The van der Waals surface area contributed by atoms with Crippen molar-refractivity contribution in [2.75, 3.05) is 6.54 Å². The quantitative estimate of drug-likeness (QED) is 0.312. The number of benzene rings is 3. The Labute approximate surface area is 184 Å². The molecule has 0 fully saturated rings.